The summed E-state index contributed by atoms with van der Waals surface area (Å²) in [5, 5.41) is 8.61. The number of carboxylic acids is 1. The Kier molecular flexibility index (Phi) is 1.96. The van der Waals surface area contributed by atoms with Crippen LogP contribution in [0.5, 0.6) is 0 Å². The van der Waals surface area contributed by atoms with Crippen LogP contribution in [0, 0.1) is 13.8 Å². The van der Waals surface area contributed by atoms with Gasteiger partial charge in [0.2, 0.25) is 5.82 Å². The zero-order valence-corrected chi connectivity index (χ0v) is 7.48. The summed E-state index contributed by atoms with van der Waals surface area (Å²) < 4.78 is 1.48. The summed E-state index contributed by atoms with van der Waals surface area (Å²) in [6.07, 6.45) is 0. The van der Waals surface area contributed by atoms with Crippen molar-refractivity contribution in [1.29, 1.82) is 0 Å². The predicted molar refractivity (Wildman–Crippen MR) is 43.8 cm³/mol. The van der Waals surface area contributed by atoms with E-state index in [0.717, 1.165) is 11.4 Å². The minimum atomic E-state index is -1.00. The molecule has 0 aliphatic carbocycles. The van der Waals surface area contributed by atoms with Crippen LogP contribution in [-0.2, 0) is 0 Å². The summed E-state index contributed by atoms with van der Waals surface area (Å²) >= 11 is 0. The van der Waals surface area contributed by atoms with E-state index >= 15 is 0 Å². The number of rotatable bonds is 1. The van der Waals surface area contributed by atoms with E-state index in [0.29, 0.717) is 0 Å². The number of hydrogen-bond acceptors (Lipinski definition) is 2. The predicted octanol–water partition coefficient (Wildman–Crippen LogP) is 0.836. The first kappa shape index (κ1) is 8.21. The molecule has 1 unspecified atom stereocenters. The molecule has 1 heterocycles. The van der Waals surface area contributed by atoms with Gasteiger partial charge in [-0.1, -0.05) is 0 Å². The van der Waals surface area contributed by atoms with Gasteiger partial charge in [-0.15, -0.1) is 0 Å². The summed E-state index contributed by atoms with van der Waals surface area (Å²) in [6, 6.07) is 0. The molecule has 1 aromatic rings. The van der Waals surface area contributed by atoms with Gasteiger partial charge in [-0.2, -0.15) is 0 Å². The first-order valence-electron chi connectivity index (χ1n) is 3.08. The number of aromatic nitrogens is 2. The number of hydrogen-bond donors (Lipinski definition) is 1. The van der Waals surface area contributed by atoms with Gasteiger partial charge in [0, 0.05) is 5.69 Å². The Bertz CT molecular complexity index is 306. The minimum absolute atomic E-state index is 0.0602. The third-order valence-corrected chi connectivity index (χ3v) is 2.21. The lowest BCUT2D eigenvalue weighted by Gasteiger charge is -1.95. The molecule has 0 bridgehead atoms. The van der Waals surface area contributed by atoms with E-state index in [1.165, 1.54) is 4.34 Å². The lowest BCUT2D eigenvalue weighted by Crippen LogP contribution is -2.02. The van der Waals surface area contributed by atoms with Crippen molar-refractivity contribution in [3.05, 3.63) is 17.2 Å². The second-order valence-corrected chi connectivity index (χ2v) is 2.80. The Morgan fingerprint density at radius 3 is 2.36 bits per heavy atom. The Labute approximate surface area is 66.5 Å². The highest BCUT2D eigenvalue weighted by Crippen LogP contribution is 2.12. The van der Waals surface area contributed by atoms with Crippen molar-refractivity contribution in [1.82, 2.24) is 9.32 Å². The van der Waals surface area contributed by atoms with Gasteiger partial charge in [0.05, 0.1) is 5.69 Å². The van der Waals surface area contributed by atoms with Crippen LogP contribution in [0.4, 0.5) is 0 Å². The summed E-state index contributed by atoms with van der Waals surface area (Å²) in [5.41, 5.74) is 1.60. The van der Waals surface area contributed by atoms with Crippen LogP contribution in [0.2, 0.25) is 0 Å². The van der Waals surface area contributed by atoms with E-state index in [-0.39, 0.29) is 5.82 Å². The minimum Gasteiger partial charge on any atom is -0.475 e. The molecule has 5 heteroatoms. The SMILES string of the molecule is Cc1nc(C(=O)O)n(P)c1C. The molecule has 0 saturated carbocycles. The number of nitrogens with zero attached hydrogens (tertiary/aromatic N) is 2. The highest BCUT2D eigenvalue weighted by molar-refractivity contribution is 7.14. The molecule has 4 nitrogen and oxygen atoms in total. The number of carboxylic acid groups (broad SMARTS) is 1. The van der Waals surface area contributed by atoms with Gasteiger partial charge in [0.1, 0.15) is 0 Å². The van der Waals surface area contributed by atoms with E-state index in [1.807, 2.05) is 6.92 Å². The quantitative estimate of drug-likeness (QED) is 0.638. The van der Waals surface area contributed by atoms with Crippen molar-refractivity contribution < 1.29 is 9.90 Å². The number of imidazole rings is 1. The van der Waals surface area contributed by atoms with Crippen molar-refractivity contribution in [2.45, 2.75) is 13.8 Å². The van der Waals surface area contributed by atoms with Crippen LogP contribution < -0.4 is 0 Å². The van der Waals surface area contributed by atoms with Gasteiger partial charge < -0.3 is 9.44 Å². The summed E-state index contributed by atoms with van der Waals surface area (Å²) in [5.74, 6) is -0.943. The Morgan fingerprint density at radius 2 is 2.18 bits per heavy atom. The standard InChI is InChI=1S/C6H9N2O2P/c1-3-4(2)8(11)5(7-3)6(9)10/h11H2,1-2H3,(H,9,10). The van der Waals surface area contributed by atoms with Crippen LogP contribution in [0.15, 0.2) is 0 Å². The van der Waals surface area contributed by atoms with Crippen molar-refractivity contribution in [2.75, 3.05) is 0 Å². The Morgan fingerprint density at radius 1 is 1.64 bits per heavy atom. The van der Waals surface area contributed by atoms with Crippen molar-refractivity contribution in [2.24, 2.45) is 0 Å². The smallest absolute Gasteiger partial charge is 0.372 e. The van der Waals surface area contributed by atoms with E-state index < -0.39 is 5.97 Å². The molecule has 0 aliphatic heterocycles. The van der Waals surface area contributed by atoms with Crippen molar-refractivity contribution in [3.63, 3.8) is 0 Å². The fourth-order valence-electron chi connectivity index (χ4n) is 0.778. The average molecular weight is 172 g/mol. The van der Waals surface area contributed by atoms with Gasteiger partial charge in [-0.25, -0.2) is 9.78 Å². The van der Waals surface area contributed by atoms with Crippen LogP contribution in [0.25, 0.3) is 0 Å². The molecule has 1 atom stereocenters. The lowest BCUT2D eigenvalue weighted by molar-refractivity contribution is 0.0683. The average Bonchev–Trinajstić information content (AvgIpc) is 2.17. The van der Waals surface area contributed by atoms with E-state index in [9.17, 15) is 4.79 Å². The van der Waals surface area contributed by atoms with Gasteiger partial charge in [-0.05, 0) is 23.2 Å². The second-order valence-electron chi connectivity index (χ2n) is 2.28. The zero-order chi connectivity index (χ0) is 8.59. The molecule has 0 radical (unpaired) electrons. The van der Waals surface area contributed by atoms with Gasteiger partial charge in [0.15, 0.2) is 0 Å². The lowest BCUT2D eigenvalue weighted by atomic mass is 10.4. The Balaban J connectivity index is 3.29. The first-order valence-corrected chi connectivity index (χ1v) is 3.60. The van der Waals surface area contributed by atoms with Gasteiger partial charge in [-0.3, -0.25) is 0 Å². The first-order chi connectivity index (χ1) is 5.04. The fraction of sp³-hybridized carbons (Fsp3) is 0.333. The molecular weight excluding hydrogens is 163 g/mol. The number of aryl methyl sites for hydroxylation is 1. The van der Waals surface area contributed by atoms with Gasteiger partial charge in [0.25, 0.3) is 0 Å². The Hall–Kier alpha value is -0.890. The molecule has 0 fully saturated rings. The molecular formula is C6H9N2O2P. The number of aromatic carboxylic acids is 1. The monoisotopic (exact) mass is 172 g/mol. The van der Waals surface area contributed by atoms with Gasteiger partial charge >= 0.3 is 5.97 Å². The fourth-order valence-corrected chi connectivity index (χ4v) is 1.13. The molecule has 0 saturated heterocycles. The summed E-state index contributed by atoms with van der Waals surface area (Å²) in [4.78, 5) is 14.3. The van der Waals surface area contributed by atoms with Crippen LogP contribution in [0.1, 0.15) is 22.0 Å². The highest BCUT2D eigenvalue weighted by atomic mass is 31.0. The van der Waals surface area contributed by atoms with Crippen molar-refractivity contribution >= 4 is 15.4 Å². The van der Waals surface area contributed by atoms with E-state index in [1.54, 1.807) is 6.92 Å². The topological polar surface area (TPSA) is 55.1 Å². The molecule has 0 amide bonds. The molecule has 0 aliphatic rings. The highest BCUT2D eigenvalue weighted by Gasteiger charge is 2.13. The molecule has 60 valence electrons. The maximum absolute atomic E-state index is 10.5. The molecule has 0 aromatic carbocycles. The molecule has 1 N–H and O–H groups in total. The van der Waals surface area contributed by atoms with E-state index in [2.05, 4.69) is 14.4 Å². The van der Waals surface area contributed by atoms with Crippen LogP contribution in [-0.4, -0.2) is 20.4 Å². The van der Waals surface area contributed by atoms with Crippen LogP contribution >= 0.6 is 9.39 Å². The third-order valence-electron chi connectivity index (χ3n) is 1.58. The van der Waals surface area contributed by atoms with Crippen LogP contribution in [0.3, 0.4) is 0 Å². The second kappa shape index (κ2) is 2.62. The molecule has 11 heavy (non-hydrogen) atoms. The maximum atomic E-state index is 10.5. The van der Waals surface area contributed by atoms with E-state index in [4.69, 9.17) is 5.11 Å². The molecule has 1 aromatic heterocycles. The summed E-state index contributed by atoms with van der Waals surface area (Å²) in [6.45, 7) is 3.60. The molecule has 0 spiro atoms. The molecule has 1 rings (SSSR count). The maximum Gasteiger partial charge on any atom is 0.372 e. The largest absolute Gasteiger partial charge is 0.475 e. The van der Waals surface area contributed by atoms with Crippen molar-refractivity contribution in [3.8, 4) is 0 Å². The normalized spacial score (nSPS) is 10.1. The summed E-state index contributed by atoms with van der Waals surface area (Å²) in [7, 11) is 2.31. The zero-order valence-electron chi connectivity index (χ0n) is 6.33. The third kappa shape index (κ3) is 1.26. The number of carbonyl (C=O) groups is 1.